The fourth-order valence-corrected chi connectivity index (χ4v) is 4.55. The molecule has 2 aliphatic heterocycles. The SMILES string of the molecule is CC1(C)CCCC(NC2CCN3CCCC3C2)C1. The molecule has 0 radical (unpaired) electrons. The van der Waals surface area contributed by atoms with Gasteiger partial charge < -0.3 is 10.2 Å². The maximum absolute atomic E-state index is 4.00. The van der Waals surface area contributed by atoms with Crippen LogP contribution < -0.4 is 5.32 Å². The molecule has 1 aliphatic carbocycles. The van der Waals surface area contributed by atoms with Crippen molar-refractivity contribution in [2.75, 3.05) is 13.1 Å². The molecule has 18 heavy (non-hydrogen) atoms. The molecule has 1 N–H and O–H groups in total. The number of piperidine rings is 1. The van der Waals surface area contributed by atoms with Gasteiger partial charge in [0.2, 0.25) is 0 Å². The van der Waals surface area contributed by atoms with Gasteiger partial charge in [-0.2, -0.15) is 0 Å². The Morgan fingerprint density at radius 2 is 1.89 bits per heavy atom. The van der Waals surface area contributed by atoms with Gasteiger partial charge >= 0.3 is 0 Å². The molecule has 0 bridgehead atoms. The van der Waals surface area contributed by atoms with Crippen molar-refractivity contribution in [3.05, 3.63) is 0 Å². The van der Waals surface area contributed by atoms with Crippen LogP contribution in [0.1, 0.15) is 65.2 Å². The summed E-state index contributed by atoms with van der Waals surface area (Å²) in [6.45, 7) is 7.60. The Hall–Kier alpha value is -0.0800. The molecule has 3 atom stereocenters. The largest absolute Gasteiger partial charge is 0.311 e. The lowest BCUT2D eigenvalue weighted by atomic mass is 9.75. The van der Waals surface area contributed by atoms with Gasteiger partial charge in [-0.15, -0.1) is 0 Å². The van der Waals surface area contributed by atoms with Crippen LogP contribution in [0.5, 0.6) is 0 Å². The average molecular weight is 250 g/mol. The van der Waals surface area contributed by atoms with Crippen LogP contribution in [0.3, 0.4) is 0 Å². The monoisotopic (exact) mass is 250 g/mol. The lowest BCUT2D eigenvalue weighted by molar-refractivity contribution is 0.136. The van der Waals surface area contributed by atoms with Crippen LogP contribution in [0, 0.1) is 5.41 Å². The number of nitrogens with one attached hydrogen (secondary N) is 1. The highest BCUT2D eigenvalue weighted by atomic mass is 15.2. The number of fused-ring (bicyclic) bond motifs is 1. The van der Waals surface area contributed by atoms with E-state index in [1.807, 2.05) is 0 Å². The van der Waals surface area contributed by atoms with E-state index < -0.39 is 0 Å². The molecule has 3 fully saturated rings. The summed E-state index contributed by atoms with van der Waals surface area (Å²) in [6.07, 6.45) is 11.3. The first-order valence-corrected chi connectivity index (χ1v) is 8.12. The molecule has 0 aromatic heterocycles. The molecule has 2 heterocycles. The first-order chi connectivity index (χ1) is 8.62. The zero-order valence-corrected chi connectivity index (χ0v) is 12.3. The minimum Gasteiger partial charge on any atom is -0.311 e. The van der Waals surface area contributed by atoms with Crippen LogP contribution in [0.15, 0.2) is 0 Å². The van der Waals surface area contributed by atoms with E-state index in [0.717, 1.165) is 18.1 Å². The van der Waals surface area contributed by atoms with Crippen molar-refractivity contribution in [1.29, 1.82) is 0 Å². The van der Waals surface area contributed by atoms with Crippen molar-refractivity contribution in [3.63, 3.8) is 0 Å². The van der Waals surface area contributed by atoms with Crippen LogP contribution in [0.25, 0.3) is 0 Å². The van der Waals surface area contributed by atoms with Gasteiger partial charge in [-0.3, -0.25) is 0 Å². The molecule has 3 rings (SSSR count). The summed E-state index contributed by atoms with van der Waals surface area (Å²) < 4.78 is 0. The Labute approximate surface area is 113 Å². The second-order valence-corrected chi connectivity index (χ2v) is 7.68. The van der Waals surface area contributed by atoms with Crippen molar-refractivity contribution in [2.24, 2.45) is 5.41 Å². The molecule has 1 saturated carbocycles. The second kappa shape index (κ2) is 5.13. The fraction of sp³-hybridized carbons (Fsp3) is 1.00. The molecule has 0 amide bonds. The van der Waals surface area contributed by atoms with Crippen LogP contribution in [-0.4, -0.2) is 36.1 Å². The minimum absolute atomic E-state index is 0.573. The standard InChI is InChI=1S/C16H30N2/c1-16(2)8-3-5-14(12-16)17-13-7-10-18-9-4-6-15(18)11-13/h13-15,17H,3-12H2,1-2H3. The molecule has 0 spiro atoms. The van der Waals surface area contributed by atoms with Gasteiger partial charge in [0.15, 0.2) is 0 Å². The second-order valence-electron chi connectivity index (χ2n) is 7.68. The highest BCUT2D eigenvalue weighted by molar-refractivity contribution is 4.92. The van der Waals surface area contributed by atoms with Gasteiger partial charge in [0.25, 0.3) is 0 Å². The zero-order chi connectivity index (χ0) is 12.6. The molecule has 2 nitrogen and oxygen atoms in total. The van der Waals surface area contributed by atoms with Gasteiger partial charge in [-0.05, 0) is 63.5 Å². The van der Waals surface area contributed by atoms with Crippen LogP contribution in [-0.2, 0) is 0 Å². The molecular formula is C16H30N2. The Morgan fingerprint density at radius 1 is 1.00 bits per heavy atom. The summed E-state index contributed by atoms with van der Waals surface area (Å²) in [5, 5.41) is 4.00. The highest BCUT2D eigenvalue weighted by Crippen LogP contribution is 2.36. The van der Waals surface area contributed by atoms with Crippen molar-refractivity contribution in [1.82, 2.24) is 10.2 Å². The van der Waals surface area contributed by atoms with Gasteiger partial charge in [-0.25, -0.2) is 0 Å². The maximum atomic E-state index is 4.00. The molecule has 0 aromatic carbocycles. The molecule has 3 aliphatic rings. The van der Waals surface area contributed by atoms with E-state index in [-0.39, 0.29) is 0 Å². The summed E-state index contributed by atoms with van der Waals surface area (Å²) in [7, 11) is 0. The zero-order valence-electron chi connectivity index (χ0n) is 12.3. The summed E-state index contributed by atoms with van der Waals surface area (Å²) in [6, 6.07) is 2.52. The normalized spacial score (nSPS) is 40.7. The molecule has 2 heteroatoms. The Kier molecular flexibility index (Phi) is 3.68. The van der Waals surface area contributed by atoms with Crippen LogP contribution in [0.2, 0.25) is 0 Å². The highest BCUT2D eigenvalue weighted by Gasteiger charge is 2.34. The third-order valence-electron chi connectivity index (χ3n) is 5.50. The molecule has 2 saturated heterocycles. The van der Waals surface area contributed by atoms with Crippen molar-refractivity contribution >= 4 is 0 Å². The topological polar surface area (TPSA) is 15.3 Å². The van der Waals surface area contributed by atoms with Crippen molar-refractivity contribution in [2.45, 2.75) is 83.3 Å². The van der Waals surface area contributed by atoms with E-state index in [1.165, 1.54) is 64.5 Å². The predicted molar refractivity (Wildman–Crippen MR) is 76.8 cm³/mol. The van der Waals surface area contributed by atoms with E-state index in [2.05, 4.69) is 24.1 Å². The summed E-state index contributed by atoms with van der Waals surface area (Å²) >= 11 is 0. The van der Waals surface area contributed by atoms with Crippen molar-refractivity contribution < 1.29 is 0 Å². The van der Waals surface area contributed by atoms with Gasteiger partial charge in [0, 0.05) is 18.1 Å². The fourth-order valence-electron chi connectivity index (χ4n) is 4.55. The lowest BCUT2D eigenvalue weighted by Crippen LogP contribution is -2.50. The van der Waals surface area contributed by atoms with Gasteiger partial charge in [0.05, 0.1) is 0 Å². The molecule has 3 unspecified atom stereocenters. The average Bonchev–Trinajstić information content (AvgIpc) is 2.74. The number of hydrogen-bond donors (Lipinski definition) is 1. The van der Waals surface area contributed by atoms with E-state index in [9.17, 15) is 0 Å². The summed E-state index contributed by atoms with van der Waals surface area (Å²) in [5.74, 6) is 0. The quantitative estimate of drug-likeness (QED) is 0.810. The van der Waals surface area contributed by atoms with Gasteiger partial charge in [-0.1, -0.05) is 20.3 Å². The van der Waals surface area contributed by atoms with Gasteiger partial charge in [0.1, 0.15) is 0 Å². The minimum atomic E-state index is 0.573. The number of hydrogen-bond acceptors (Lipinski definition) is 2. The number of nitrogens with zero attached hydrogens (tertiary/aromatic N) is 1. The molecule has 0 aromatic rings. The van der Waals surface area contributed by atoms with E-state index in [4.69, 9.17) is 0 Å². The first kappa shape index (κ1) is 12.9. The third-order valence-corrected chi connectivity index (χ3v) is 5.50. The summed E-state index contributed by atoms with van der Waals surface area (Å²) in [5.41, 5.74) is 0.573. The summed E-state index contributed by atoms with van der Waals surface area (Å²) in [4.78, 5) is 2.73. The van der Waals surface area contributed by atoms with Crippen LogP contribution >= 0.6 is 0 Å². The Balaban J connectivity index is 1.50. The third kappa shape index (κ3) is 2.91. The Morgan fingerprint density at radius 3 is 2.72 bits per heavy atom. The first-order valence-electron chi connectivity index (χ1n) is 8.12. The molecule has 104 valence electrons. The molecular weight excluding hydrogens is 220 g/mol. The van der Waals surface area contributed by atoms with Crippen LogP contribution in [0.4, 0.5) is 0 Å². The van der Waals surface area contributed by atoms with E-state index in [0.29, 0.717) is 5.41 Å². The lowest BCUT2D eigenvalue weighted by Gasteiger charge is -2.41. The predicted octanol–water partition coefficient (Wildman–Crippen LogP) is 3.17. The Bertz CT molecular complexity index is 287. The maximum Gasteiger partial charge on any atom is 0.0111 e. The number of rotatable bonds is 2. The van der Waals surface area contributed by atoms with E-state index in [1.54, 1.807) is 0 Å². The van der Waals surface area contributed by atoms with Crippen molar-refractivity contribution in [3.8, 4) is 0 Å². The van der Waals surface area contributed by atoms with E-state index >= 15 is 0 Å². The smallest absolute Gasteiger partial charge is 0.0111 e.